The fourth-order valence-corrected chi connectivity index (χ4v) is 3.35. The number of fused-ring (bicyclic) bond motifs is 1. The van der Waals surface area contributed by atoms with Crippen LogP contribution in [-0.4, -0.2) is 53.0 Å². The predicted molar refractivity (Wildman–Crippen MR) is 74.4 cm³/mol. The van der Waals surface area contributed by atoms with E-state index in [-0.39, 0.29) is 25.6 Å². The van der Waals surface area contributed by atoms with Crippen LogP contribution in [0.5, 0.6) is 0 Å². The zero-order valence-corrected chi connectivity index (χ0v) is 12.3. The number of halogens is 3. The number of H-pyrrole nitrogens is 1. The van der Waals surface area contributed by atoms with Crippen molar-refractivity contribution in [2.24, 2.45) is 11.3 Å². The number of hydrogen-bond acceptors (Lipinski definition) is 4. The van der Waals surface area contributed by atoms with E-state index in [0.29, 0.717) is 12.6 Å². The van der Waals surface area contributed by atoms with Gasteiger partial charge in [0, 0.05) is 32.1 Å². The van der Waals surface area contributed by atoms with Crippen molar-refractivity contribution in [2.45, 2.75) is 6.18 Å². The van der Waals surface area contributed by atoms with Crippen molar-refractivity contribution in [3.63, 3.8) is 0 Å². The van der Waals surface area contributed by atoms with Crippen LogP contribution in [0.2, 0.25) is 0 Å². The average Bonchev–Trinajstić information content (AvgIpc) is 3.03. The second-order valence-electron chi connectivity index (χ2n) is 6.09. The number of likely N-dealkylation sites (tertiary alicyclic amines) is 1. The predicted octanol–water partition coefficient (Wildman–Crippen LogP) is 0.140. The second kappa shape index (κ2) is 5.33. The molecule has 1 aromatic rings. The molecule has 2 aliphatic heterocycles. The van der Waals surface area contributed by atoms with E-state index in [2.05, 4.69) is 5.32 Å². The zero-order valence-electron chi connectivity index (χ0n) is 12.3. The van der Waals surface area contributed by atoms with Crippen LogP contribution in [0.4, 0.5) is 13.2 Å². The number of alkyl halides is 3. The minimum atomic E-state index is -4.72. The number of amides is 1. The van der Waals surface area contributed by atoms with Crippen LogP contribution >= 0.6 is 0 Å². The number of carbonyl (C=O) groups is 2. The van der Waals surface area contributed by atoms with Gasteiger partial charge < -0.3 is 20.3 Å². The van der Waals surface area contributed by atoms with Gasteiger partial charge in [0.05, 0.1) is 0 Å². The minimum Gasteiger partial charge on any atom is -0.481 e. The topological polar surface area (TPSA) is 103 Å². The van der Waals surface area contributed by atoms with Crippen LogP contribution in [0.3, 0.4) is 0 Å². The zero-order chi connectivity index (χ0) is 17.7. The van der Waals surface area contributed by atoms with Crippen LogP contribution in [0, 0.1) is 11.3 Å². The van der Waals surface area contributed by atoms with Gasteiger partial charge in [-0.15, -0.1) is 0 Å². The van der Waals surface area contributed by atoms with Crippen molar-refractivity contribution in [1.82, 2.24) is 15.2 Å². The van der Waals surface area contributed by atoms with Gasteiger partial charge >= 0.3 is 12.1 Å². The number of rotatable bonds is 2. The van der Waals surface area contributed by atoms with Crippen molar-refractivity contribution in [1.29, 1.82) is 0 Å². The lowest BCUT2D eigenvalue weighted by Gasteiger charge is -2.22. The van der Waals surface area contributed by atoms with Crippen molar-refractivity contribution < 1.29 is 27.9 Å². The Morgan fingerprint density at radius 3 is 2.58 bits per heavy atom. The number of aromatic nitrogens is 1. The third kappa shape index (κ3) is 2.46. The van der Waals surface area contributed by atoms with E-state index in [1.54, 1.807) is 4.98 Å². The Labute approximate surface area is 133 Å². The summed E-state index contributed by atoms with van der Waals surface area (Å²) in [6.07, 6.45) is -4.72. The van der Waals surface area contributed by atoms with E-state index in [9.17, 15) is 32.7 Å². The lowest BCUT2D eigenvalue weighted by atomic mass is 9.81. The maximum absolute atomic E-state index is 12.6. The summed E-state index contributed by atoms with van der Waals surface area (Å²) < 4.78 is 37.7. The molecule has 0 bridgehead atoms. The molecule has 3 heterocycles. The van der Waals surface area contributed by atoms with Gasteiger partial charge in [0.25, 0.3) is 11.5 Å². The number of hydrogen-bond donors (Lipinski definition) is 3. The van der Waals surface area contributed by atoms with Gasteiger partial charge in [-0.2, -0.15) is 13.2 Å². The molecule has 0 saturated carbocycles. The Morgan fingerprint density at radius 2 is 2.04 bits per heavy atom. The third-order valence-electron chi connectivity index (χ3n) is 4.68. The first-order valence-electron chi connectivity index (χ1n) is 7.19. The molecule has 0 radical (unpaired) electrons. The number of nitrogens with zero attached hydrogens (tertiary/aromatic N) is 1. The molecule has 0 spiro atoms. The molecular weight excluding hydrogens is 331 g/mol. The van der Waals surface area contributed by atoms with Gasteiger partial charge in [-0.3, -0.25) is 14.4 Å². The molecule has 1 aromatic heterocycles. The van der Waals surface area contributed by atoms with Crippen LogP contribution in [-0.2, 0) is 11.0 Å². The van der Waals surface area contributed by atoms with E-state index in [1.807, 2.05) is 0 Å². The summed E-state index contributed by atoms with van der Waals surface area (Å²) in [6, 6.07) is 1.45. The van der Waals surface area contributed by atoms with Gasteiger partial charge in [-0.1, -0.05) is 0 Å². The average molecular weight is 345 g/mol. The first-order valence-corrected chi connectivity index (χ1v) is 7.19. The van der Waals surface area contributed by atoms with Gasteiger partial charge in [-0.05, 0) is 12.1 Å². The molecule has 0 aromatic carbocycles. The molecule has 2 aliphatic rings. The number of nitrogens with one attached hydrogen (secondary N) is 2. The SMILES string of the molecule is O=C(c1ccc(C(F)(F)F)[nH]c1=O)N1C[C@H]2CNC[C@@]2(C(=O)O)C1. The monoisotopic (exact) mass is 345 g/mol. The first-order chi connectivity index (χ1) is 11.1. The Hall–Kier alpha value is -2.36. The molecular formula is C14H14F3N3O4. The minimum absolute atomic E-state index is 0.0840. The molecule has 130 valence electrons. The maximum Gasteiger partial charge on any atom is 0.431 e. The molecule has 2 fully saturated rings. The number of carbonyl (C=O) groups excluding carboxylic acids is 1. The Bertz CT molecular complexity index is 760. The highest BCUT2D eigenvalue weighted by Crippen LogP contribution is 2.39. The second-order valence-corrected chi connectivity index (χ2v) is 6.09. The summed E-state index contributed by atoms with van der Waals surface area (Å²) in [6.45, 7) is 0.692. The molecule has 2 saturated heterocycles. The Balaban J connectivity index is 1.86. The molecule has 24 heavy (non-hydrogen) atoms. The summed E-state index contributed by atoms with van der Waals surface area (Å²) in [5.74, 6) is -2.10. The van der Waals surface area contributed by atoms with Gasteiger partial charge in [0.1, 0.15) is 16.7 Å². The Kier molecular flexibility index (Phi) is 3.67. The highest BCUT2D eigenvalue weighted by Gasteiger charge is 2.56. The van der Waals surface area contributed by atoms with Crippen molar-refractivity contribution in [3.05, 3.63) is 33.7 Å². The maximum atomic E-state index is 12.6. The van der Waals surface area contributed by atoms with Crippen molar-refractivity contribution >= 4 is 11.9 Å². The van der Waals surface area contributed by atoms with Crippen molar-refractivity contribution in [2.75, 3.05) is 26.2 Å². The van der Waals surface area contributed by atoms with E-state index >= 15 is 0 Å². The smallest absolute Gasteiger partial charge is 0.431 e. The van der Waals surface area contributed by atoms with Gasteiger partial charge in [-0.25, -0.2) is 0 Å². The molecule has 3 N–H and O–H groups in total. The highest BCUT2D eigenvalue weighted by molar-refractivity contribution is 5.95. The molecule has 0 aliphatic carbocycles. The number of carboxylic acid groups (broad SMARTS) is 1. The third-order valence-corrected chi connectivity index (χ3v) is 4.68. The quantitative estimate of drug-likeness (QED) is 0.708. The molecule has 2 atom stereocenters. The number of aliphatic carboxylic acids is 1. The molecule has 7 nitrogen and oxygen atoms in total. The lowest BCUT2D eigenvalue weighted by Crippen LogP contribution is -2.42. The van der Waals surface area contributed by atoms with Crippen LogP contribution in [0.1, 0.15) is 16.1 Å². The highest BCUT2D eigenvalue weighted by atomic mass is 19.4. The molecule has 0 unspecified atom stereocenters. The fourth-order valence-electron chi connectivity index (χ4n) is 3.35. The van der Waals surface area contributed by atoms with Gasteiger partial charge in [0.2, 0.25) is 0 Å². The van der Waals surface area contributed by atoms with Crippen molar-refractivity contribution in [3.8, 4) is 0 Å². The number of pyridine rings is 1. The van der Waals surface area contributed by atoms with E-state index in [0.717, 1.165) is 6.07 Å². The standard InChI is InChI=1S/C14H14F3N3O4/c15-14(16,17)9-2-1-8(10(21)19-9)11(22)20-4-7-3-18-5-13(7,6-20)12(23)24/h1-2,7,18H,3-6H2,(H,19,21)(H,23,24)/t7-,13-/m1/s1. The number of aromatic amines is 1. The summed E-state index contributed by atoms with van der Waals surface area (Å²) >= 11 is 0. The van der Waals surface area contributed by atoms with E-state index in [1.165, 1.54) is 4.90 Å². The summed E-state index contributed by atoms with van der Waals surface area (Å²) in [4.78, 5) is 38.7. The van der Waals surface area contributed by atoms with Crippen LogP contribution < -0.4 is 10.9 Å². The molecule has 1 amide bonds. The molecule has 3 rings (SSSR count). The first kappa shape index (κ1) is 16.5. The van der Waals surface area contributed by atoms with Crippen LogP contribution in [0.15, 0.2) is 16.9 Å². The van der Waals surface area contributed by atoms with E-state index in [4.69, 9.17) is 0 Å². The molecule has 10 heteroatoms. The van der Waals surface area contributed by atoms with E-state index < -0.39 is 40.3 Å². The fraction of sp³-hybridized carbons (Fsp3) is 0.500. The largest absolute Gasteiger partial charge is 0.481 e. The normalized spacial score (nSPS) is 26.5. The number of carboxylic acids is 1. The van der Waals surface area contributed by atoms with Gasteiger partial charge in [0.15, 0.2) is 0 Å². The Morgan fingerprint density at radius 1 is 1.33 bits per heavy atom. The van der Waals surface area contributed by atoms with Crippen LogP contribution in [0.25, 0.3) is 0 Å². The summed E-state index contributed by atoms with van der Waals surface area (Å²) in [7, 11) is 0. The summed E-state index contributed by atoms with van der Waals surface area (Å²) in [5, 5.41) is 12.4. The lowest BCUT2D eigenvalue weighted by molar-refractivity contribution is -0.148. The summed E-state index contributed by atoms with van der Waals surface area (Å²) in [5.41, 5.74) is -3.94.